The molecule has 2 N–H and O–H groups in total. The number of benzene rings is 1. The zero-order chi connectivity index (χ0) is 13.2. The molecule has 0 aliphatic heterocycles. The molecule has 100 valence electrons. The van der Waals surface area contributed by atoms with Crippen LogP contribution in [0.15, 0.2) is 24.4 Å². The molecule has 1 saturated carbocycles. The van der Waals surface area contributed by atoms with Crippen molar-refractivity contribution in [1.82, 2.24) is 15.3 Å². The second-order valence-corrected chi connectivity index (χ2v) is 4.94. The van der Waals surface area contributed by atoms with E-state index in [4.69, 9.17) is 0 Å². The molecular formula is C14H15F2N3. The quantitative estimate of drug-likeness (QED) is 0.871. The molecule has 1 aliphatic rings. The van der Waals surface area contributed by atoms with Gasteiger partial charge < -0.3 is 10.3 Å². The second-order valence-electron chi connectivity index (χ2n) is 4.94. The lowest BCUT2D eigenvalue weighted by atomic mass is 10.1. The highest BCUT2D eigenvalue weighted by atomic mass is 19.1. The maximum Gasteiger partial charge on any atom is 0.132 e. The van der Waals surface area contributed by atoms with Crippen molar-refractivity contribution in [3.05, 3.63) is 41.9 Å². The summed E-state index contributed by atoms with van der Waals surface area (Å²) in [7, 11) is 0. The lowest BCUT2D eigenvalue weighted by molar-refractivity contribution is 0.602. The Balaban J connectivity index is 1.70. The van der Waals surface area contributed by atoms with Crippen LogP contribution in [0.1, 0.15) is 18.7 Å². The third kappa shape index (κ3) is 2.98. The second kappa shape index (κ2) is 5.09. The molecule has 1 fully saturated rings. The van der Waals surface area contributed by atoms with Gasteiger partial charge in [-0.15, -0.1) is 0 Å². The zero-order valence-corrected chi connectivity index (χ0v) is 10.4. The summed E-state index contributed by atoms with van der Waals surface area (Å²) < 4.78 is 26.7. The van der Waals surface area contributed by atoms with Crippen LogP contribution in [-0.2, 0) is 6.54 Å². The predicted molar refractivity (Wildman–Crippen MR) is 68.4 cm³/mol. The first-order valence-corrected chi connectivity index (χ1v) is 6.42. The molecule has 1 heterocycles. The fraction of sp³-hybridized carbons (Fsp3) is 0.357. The van der Waals surface area contributed by atoms with Crippen molar-refractivity contribution in [1.29, 1.82) is 0 Å². The van der Waals surface area contributed by atoms with Gasteiger partial charge in [0.05, 0.1) is 18.4 Å². The summed E-state index contributed by atoms with van der Waals surface area (Å²) in [5.41, 5.74) is 0.709. The lowest BCUT2D eigenvalue weighted by Crippen LogP contribution is -2.16. The number of H-pyrrole nitrogens is 1. The van der Waals surface area contributed by atoms with Gasteiger partial charge in [0.25, 0.3) is 0 Å². The molecule has 0 amide bonds. The van der Waals surface area contributed by atoms with Gasteiger partial charge in [-0.2, -0.15) is 0 Å². The van der Waals surface area contributed by atoms with E-state index in [1.807, 2.05) is 0 Å². The fourth-order valence-electron chi connectivity index (χ4n) is 2.01. The number of nitrogens with one attached hydrogen (secondary N) is 2. The molecule has 1 aliphatic carbocycles. The molecule has 1 aromatic heterocycles. The number of aromatic amines is 1. The van der Waals surface area contributed by atoms with Gasteiger partial charge in [0.15, 0.2) is 0 Å². The van der Waals surface area contributed by atoms with Gasteiger partial charge in [-0.1, -0.05) is 0 Å². The maximum absolute atomic E-state index is 13.6. The Labute approximate surface area is 110 Å². The average Bonchev–Trinajstić information content (AvgIpc) is 3.10. The van der Waals surface area contributed by atoms with E-state index in [1.54, 1.807) is 0 Å². The van der Waals surface area contributed by atoms with E-state index in [0.29, 0.717) is 12.2 Å². The molecular weight excluding hydrogens is 248 g/mol. The van der Waals surface area contributed by atoms with Crippen LogP contribution in [0.2, 0.25) is 0 Å². The Morgan fingerprint density at radius 2 is 2.16 bits per heavy atom. The standard InChI is InChI=1S/C14H15F2N3/c15-10-3-4-12(16)11(5-10)13-7-18-14(19-13)8-17-6-9-1-2-9/h3-5,7,9,17H,1-2,6,8H2,(H,18,19). The van der Waals surface area contributed by atoms with Gasteiger partial charge >= 0.3 is 0 Å². The minimum atomic E-state index is -0.459. The van der Waals surface area contributed by atoms with Crippen LogP contribution in [0, 0.1) is 17.6 Å². The average molecular weight is 263 g/mol. The van der Waals surface area contributed by atoms with E-state index in [9.17, 15) is 8.78 Å². The molecule has 0 radical (unpaired) electrons. The highest BCUT2D eigenvalue weighted by Crippen LogP contribution is 2.27. The van der Waals surface area contributed by atoms with Gasteiger partial charge in [-0.05, 0) is 43.5 Å². The Hall–Kier alpha value is -1.75. The minimum absolute atomic E-state index is 0.209. The highest BCUT2D eigenvalue weighted by molar-refractivity contribution is 5.59. The summed E-state index contributed by atoms with van der Waals surface area (Å²) >= 11 is 0. The van der Waals surface area contributed by atoms with Crippen molar-refractivity contribution >= 4 is 0 Å². The maximum atomic E-state index is 13.6. The number of hydrogen-bond acceptors (Lipinski definition) is 2. The van der Waals surface area contributed by atoms with Crippen LogP contribution in [0.5, 0.6) is 0 Å². The number of aromatic nitrogens is 2. The minimum Gasteiger partial charge on any atom is -0.341 e. The van der Waals surface area contributed by atoms with Crippen LogP contribution in [0.25, 0.3) is 11.3 Å². The van der Waals surface area contributed by atoms with Crippen molar-refractivity contribution in [2.45, 2.75) is 19.4 Å². The number of halogens is 2. The monoisotopic (exact) mass is 263 g/mol. The van der Waals surface area contributed by atoms with Crippen molar-refractivity contribution in [2.24, 2.45) is 5.92 Å². The van der Waals surface area contributed by atoms with Crippen molar-refractivity contribution < 1.29 is 8.78 Å². The smallest absolute Gasteiger partial charge is 0.132 e. The summed E-state index contributed by atoms with van der Waals surface area (Å²) in [6, 6.07) is 3.40. The van der Waals surface area contributed by atoms with Gasteiger partial charge in [0.2, 0.25) is 0 Å². The number of imidazole rings is 1. The van der Waals surface area contributed by atoms with Crippen LogP contribution < -0.4 is 5.32 Å². The van der Waals surface area contributed by atoms with Crippen molar-refractivity contribution in [3.63, 3.8) is 0 Å². The number of hydrogen-bond donors (Lipinski definition) is 2. The number of nitrogens with zero attached hydrogens (tertiary/aromatic N) is 1. The molecule has 1 aromatic carbocycles. The molecule has 3 rings (SSSR count). The van der Waals surface area contributed by atoms with E-state index in [0.717, 1.165) is 30.4 Å². The third-order valence-corrected chi connectivity index (χ3v) is 3.27. The molecule has 3 nitrogen and oxygen atoms in total. The summed E-state index contributed by atoms with van der Waals surface area (Å²) in [4.78, 5) is 7.18. The van der Waals surface area contributed by atoms with Crippen LogP contribution in [0.3, 0.4) is 0 Å². The molecule has 5 heteroatoms. The Kier molecular flexibility index (Phi) is 3.29. The Morgan fingerprint density at radius 3 is 2.95 bits per heavy atom. The molecule has 0 saturated heterocycles. The largest absolute Gasteiger partial charge is 0.341 e. The first kappa shape index (κ1) is 12.3. The van der Waals surface area contributed by atoms with Crippen LogP contribution in [-0.4, -0.2) is 16.5 Å². The van der Waals surface area contributed by atoms with E-state index >= 15 is 0 Å². The normalized spacial score (nSPS) is 14.8. The first-order chi connectivity index (χ1) is 9.22. The summed E-state index contributed by atoms with van der Waals surface area (Å²) in [6.45, 7) is 1.61. The molecule has 19 heavy (non-hydrogen) atoms. The molecule has 0 unspecified atom stereocenters. The lowest BCUT2D eigenvalue weighted by Gasteiger charge is -2.01. The van der Waals surface area contributed by atoms with E-state index in [1.165, 1.54) is 25.1 Å². The fourth-order valence-corrected chi connectivity index (χ4v) is 2.01. The van der Waals surface area contributed by atoms with Gasteiger partial charge in [-0.3, -0.25) is 0 Å². The van der Waals surface area contributed by atoms with E-state index in [-0.39, 0.29) is 5.56 Å². The molecule has 0 atom stereocenters. The van der Waals surface area contributed by atoms with Gasteiger partial charge in [0.1, 0.15) is 17.5 Å². The molecule has 2 aromatic rings. The number of rotatable bonds is 5. The van der Waals surface area contributed by atoms with E-state index < -0.39 is 11.6 Å². The van der Waals surface area contributed by atoms with Crippen molar-refractivity contribution in [2.75, 3.05) is 6.54 Å². The highest BCUT2D eigenvalue weighted by Gasteiger charge is 2.20. The first-order valence-electron chi connectivity index (χ1n) is 6.42. The van der Waals surface area contributed by atoms with Crippen LogP contribution >= 0.6 is 0 Å². The topological polar surface area (TPSA) is 40.7 Å². The molecule has 0 spiro atoms. The van der Waals surface area contributed by atoms with Gasteiger partial charge in [-0.25, -0.2) is 13.8 Å². The summed E-state index contributed by atoms with van der Waals surface area (Å²) in [5, 5.41) is 3.29. The zero-order valence-electron chi connectivity index (χ0n) is 10.4. The third-order valence-electron chi connectivity index (χ3n) is 3.27. The van der Waals surface area contributed by atoms with Crippen LogP contribution in [0.4, 0.5) is 8.78 Å². The summed E-state index contributed by atoms with van der Waals surface area (Å²) in [6.07, 6.45) is 4.13. The Bertz CT molecular complexity index is 576. The van der Waals surface area contributed by atoms with Gasteiger partial charge in [0, 0.05) is 5.56 Å². The van der Waals surface area contributed by atoms with E-state index in [2.05, 4.69) is 15.3 Å². The van der Waals surface area contributed by atoms with Crippen molar-refractivity contribution in [3.8, 4) is 11.3 Å². The molecule has 0 bridgehead atoms. The predicted octanol–water partition coefficient (Wildman–Crippen LogP) is 2.85. The Morgan fingerprint density at radius 1 is 1.32 bits per heavy atom. The summed E-state index contributed by atoms with van der Waals surface area (Å²) in [5.74, 6) is 0.622. The SMILES string of the molecule is Fc1ccc(F)c(-c2cnc(CNCC3CC3)[nH]2)c1.